The zero-order chi connectivity index (χ0) is 16.9. The maximum absolute atomic E-state index is 12.4. The average molecular weight is 344 g/mol. The largest absolute Gasteiger partial charge is 0.335 e. The number of rotatable bonds is 5. The molecular weight excluding hydrogens is 316 g/mol. The van der Waals surface area contributed by atoms with Gasteiger partial charge in [0, 0.05) is 44.8 Å². The summed E-state index contributed by atoms with van der Waals surface area (Å²) in [5.74, 6) is 0. The van der Waals surface area contributed by atoms with Gasteiger partial charge in [0.2, 0.25) is 10.0 Å². The monoisotopic (exact) mass is 344 g/mol. The zero-order valence-corrected chi connectivity index (χ0v) is 14.6. The van der Waals surface area contributed by atoms with Crippen LogP contribution in [0.2, 0.25) is 0 Å². The Balaban J connectivity index is 1.78. The van der Waals surface area contributed by atoms with Crippen LogP contribution in [-0.2, 0) is 10.0 Å². The van der Waals surface area contributed by atoms with Gasteiger partial charge < -0.3 is 10.2 Å². The Bertz CT molecular complexity index is 515. The highest BCUT2D eigenvalue weighted by molar-refractivity contribution is 7.88. The number of carbonyl (C=O) groups excluding carboxylic acids is 1. The van der Waals surface area contributed by atoms with Crippen LogP contribution in [0, 0.1) is 0 Å². The lowest BCUT2D eigenvalue weighted by Crippen LogP contribution is -2.54. The minimum atomic E-state index is -3.23. The lowest BCUT2D eigenvalue weighted by molar-refractivity contribution is 0.162. The first-order valence-electron chi connectivity index (χ1n) is 8.23. The molecule has 0 unspecified atom stereocenters. The number of hydrogen-bond acceptors (Lipinski definition) is 4. The molecule has 8 heteroatoms. The number of urea groups is 1. The summed E-state index contributed by atoms with van der Waals surface area (Å²) in [5.41, 5.74) is 0. The molecule has 0 radical (unpaired) electrons. The Morgan fingerprint density at radius 2 is 1.91 bits per heavy atom. The number of piperidine rings is 2. The van der Waals surface area contributed by atoms with E-state index in [0.29, 0.717) is 13.1 Å². The van der Waals surface area contributed by atoms with E-state index in [-0.39, 0.29) is 18.1 Å². The number of carbonyl (C=O) groups is 1. The Hall–Kier alpha value is -1.12. The van der Waals surface area contributed by atoms with Crippen LogP contribution in [0.1, 0.15) is 25.7 Å². The van der Waals surface area contributed by atoms with Crippen LogP contribution in [-0.4, -0.2) is 75.3 Å². The molecule has 23 heavy (non-hydrogen) atoms. The Morgan fingerprint density at radius 1 is 1.22 bits per heavy atom. The number of sulfonamides is 1. The predicted molar refractivity (Wildman–Crippen MR) is 90.8 cm³/mol. The fourth-order valence-electron chi connectivity index (χ4n) is 3.27. The molecule has 2 aliphatic rings. The summed E-state index contributed by atoms with van der Waals surface area (Å²) in [4.78, 5) is 16.4. The molecule has 2 heterocycles. The third kappa shape index (κ3) is 6.12. The highest BCUT2D eigenvalue weighted by atomic mass is 32.2. The fourth-order valence-corrected chi connectivity index (χ4v) is 4.07. The molecule has 0 spiro atoms. The summed E-state index contributed by atoms with van der Waals surface area (Å²) in [6.45, 7) is 7.70. The van der Waals surface area contributed by atoms with Crippen molar-refractivity contribution in [1.29, 1.82) is 0 Å². The van der Waals surface area contributed by atoms with Gasteiger partial charge in [-0.2, -0.15) is 0 Å². The van der Waals surface area contributed by atoms with Crippen molar-refractivity contribution >= 4 is 16.1 Å². The summed E-state index contributed by atoms with van der Waals surface area (Å²) < 4.78 is 25.3. The predicted octanol–water partition coefficient (Wildman–Crippen LogP) is 0.360. The van der Waals surface area contributed by atoms with E-state index in [4.69, 9.17) is 0 Å². The van der Waals surface area contributed by atoms with Crippen LogP contribution >= 0.6 is 0 Å². The molecule has 2 saturated heterocycles. The lowest BCUT2D eigenvalue weighted by atomic mass is 10.0. The van der Waals surface area contributed by atoms with Crippen LogP contribution in [0.3, 0.4) is 0 Å². The van der Waals surface area contributed by atoms with Crippen LogP contribution in [0.4, 0.5) is 4.79 Å². The van der Waals surface area contributed by atoms with Gasteiger partial charge in [-0.25, -0.2) is 17.9 Å². The first-order chi connectivity index (χ1) is 10.9. The van der Waals surface area contributed by atoms with Crippen molar-refractivity contribution in [3.63, 3.8) is 0 Å². The number of hydrogen-bond donors (Lipinski definition) is 2. The molecule has 0 aliphatic carbocycles. The summed E-state index contributed by atoms with van der Waals surface area (Å²) in [6, 6.07) is -0.0575. The number of likely N-dealkylation sites (tertiary alicyclic amines) is 2. The molecule has 0 bridgehead atoms. The highest BCUT2D eigenvalue weighted by Gasteiger charge is 2.27. The molecular formula is C15H28N4O3S. The van der Waals surface area contributed by atoms with E-state index >= 15 is 0 Å². The second kappa shape index (κ2) is 8.12. The summed E-state index contributed by atoms with van der Waals surface area (Å²) >= 11 is 0. The van der Waals surface area contributed by atoms with Crippen LogP contribution in [0.5, 0.6) is 0 Å². The molecule has 0 aromatic rings. The maximum atomic E-state index is 12.4. The molecule has 2 rings (SSSR count). The van der Waals surface area contributed by atoms with Gasteiger partial charge >= 0.3 is 6.03 Å². The van der Waals surface area contributed by atoms with E-state index in [1.54, 1.807) is 4.90 Å². The lowest BCUT2D eigenvalue weighted by Gasteiger charge is -2.36. The van der Waals surface area contributed by atoms with Gasteiger partial charge in [-0.05, 0) is 25.7 Å². The van der Waals surface area contributed by atoms with Crippen molar-refractivity contribution in [3.05, 3.63) is 12.7 Å². The average Bonchev–Trinajstić information content (AvgIpc) is 2.48. The van der Waals surface area contributed by atoms with Crippen LogP contribution < -0.4 is 10.0 Å². The van der Waals surface area contributed by atoms with Crippen molar-refractivity contribution in [2.24, 2.45) is 0 Å². The summed E-state index contributed by atoms with van der Waals surface area (Å²) in [7, 11) is -3.23. The topological polar surface area (TPSA) is 81.8 Å². The van der Waals surface area contributed by atoms with E-state index in [0.717, 1.165) is 51.6 Å². The highest BCUT2D eigenvalue weighted by Crippen LogP contribution is 2.14. The molecule has 2 aliphatic heterocycles. The standard InChI is InChI=1S/C15H28N4O3S/c1-3-8-18-10-6-13(7-11-18)16-15(20)19-9-4-5-14(12-19)17-23(2,21)22/h3,13-14,17H,1,4-12H2,2H3,(H,16,20)/t14-/m1/s1. The van der Waals surface area contributed by atoms with E-state index in [9.17, 15) is 13.2 Å². The number of nitrogens with zero attached hydrogens (tertiary/aromatic N) is 2. The molecule has 0 saturated carbocycles. The van der Waals surface area contributed by atoms with Gasteiger partial charge in [0.25, 0.3) is 0 Å². The Labute approximate surface area is 139 Å². The number of nitrogens with one attached hydrogen (secondary N) is 2. The quantitative estimate of drug-likeness (QED) is 0.706. The maximum Gasteiger partial charge on any atom is 0.317 e. The van der Waals surface area contributed by atoms with E-state index in [2.05, 4.69) is 21.5 Å². The van der Waals surface area contributed by atoms with Gasteiger partial charge in [-0.1, -0.05) is 6.08 Å². The van der Waals surface area contributed by atoms with Crippen molar-refractivity contribution < 1.29 is 13.2 Å². The SMILES string of the molecule is C=CCN1CCC(NC(=O)N2CCC[C@@H](NS(C)(=O)=O)C2)CC1. The van der Waals surface area contributed by atoms with Gasteiger partial charge in [-0.3, -0.25) is 4.90 Å². The summed E-state index contributed by atoms with van der Waals surface area (Å²) in [6.07, 6.45) is 6.54. The fraction of sp³-hybridized carbons (Fsp3) is 0.800. The second-order valence-electron chi connectivity index (χ2n) is 6.49. The third-order valence-corrected chi connectivity index (χ3v) is 5.15. The van der Waals surface area contributed by atoms with E-state index in [1.807, 2.05) is 6.08 Å². The van der Waals surface area contributed by atoms with Gasteiger partial charge in [0.15, 0.2) is 0 Å². The minimum Gasteiger partial charge on any atom is -0.335 e. The van der Waals surface area contributed by atoms with Crippen LogP contribution in [0.25, 0.3) is 0 Å². The van der Waals surface area contributed by atoms with E-state index < -0.39 is 10.0 Å². The zero-order valence-electron chi connectivity index (χ0n) is 13.8. The van der Waals surface area contributed by atoms with Gasteiger partial charge in [-0.15, -0.1) is 6.58 Å². The molecule has 0 aromatic carbocycles. The molecule has 132 valence electrons. The number of amides is 2. The van der Waals surface area contributed by atoms with Crippen molar-refractivity contribution in [2.75, 3.05) is 39.0 Å². The Kier molecular flexibility index (Phi) is 6.43. The van der Waals surface area contributed by atoms with Gasteiger partial charge in [0.1, 0.15) is 0 Å². The van der Waals surface area contributed by atoms with Gasteiger partial charge in [0.05, 0.1) is 6.26 Å². The van der Waals surface area contributed by atoms with Crippen LogP contribution in [0.15, 0.2) is 12.7 Å². The summed E-state index contributed by atoms with van der Waals surface area (Å²) in [5, 5.41) is 3.09. The molecule has 7 nitrogen and oxygen atoms in total. The molecule has 2 N–H and O–H groups in total. The molecule has 2 amide bonds. The Morgan fingerprint density at radius 3 is 2.52 bits per heavy atom. The molecule has 0 aromatic heterocycles. The first kappa shape index (κ1) is 18.2. The normalized spacial score (nSPS) is 24.4. The van der Waals surface area contributed by atoms with Crippen molar-refractivity contribution in [1.82, 2.24) is 19.8 Å². The smallest absolute Gasteiger partial charge is 0.317 e. The first-order valence-corrected chi connectivity index (χ1v) is 10.1. The molecule has 1 atom stereocenters. The van der Waals surface area contributed by atoms with E-state index in [1.165, 1.54) is 0 Å². The molecule has 2 fully saturated rings. The van der Waals surface area contributed by atoms with Crippen molar-refractivity contribution in [2.45, 2.75) is 37.8 Å². The van der Waals surface area contributed by atoms with Crippen molar-refractivity contribution in [3.8, 4) is 0 Å². The minimum absolute atomic E-state index is 0.0767. The third-order valence-electron chi connectivity index (χ3n) is 4.39. The second-order valence-corrected chi connectivity index (χ2v) is 8.27.